The predicted octanol–water partition coefficient (Wildman–Crippen LogP) is 1.25. The van der Waals surface area contributed by atoms with Gasteiger partial charge in [-0.15, -0.1) is 0 Å². The molecule has 1 atom stereocenters. The van der Waals surface area contributed by atoms with Crippen LogP contribution >= 0.6 is 0 Å². The molecule has 1 N–H and O–H groups in total. The molecule has 4 heteroatoms. The van der Waals surface area contributed by atoms with Gasteiger partial charge in [0.25, 0.3) is 0 Å². The SMILES string of the molecule is CCc1cnc(N2CCCC(CO)C2)nc1. The zero-order valence-corrected chi connectivity index (χ0v) is 9.76. The van der Waals surface area contributed by atoms with E-state index in [4.69, 9.17) is 0 Å². The number of hydrogen-bond acceptors (Lipinski definition) is 4. The van der Waals surface area contributed by atoms with Crippen LogP contribution < -0.4 is 4.90 Å². The third-order valence-corrected chi connectivity index (χ3v) is 3.16. The molecule has 0 aliphatic carbocycles. The van der Waals surface area contributed by atoms with Gasteiger partial charge in [0.1, 0.15) is 0 Å². The molecule has 1 aliphatic rings. The van der Waals surface area contributed by atoms with E-state index < -0.39 is 0 Å². The summed E-state index contributed by atoms with van der Waals surface area (Å²) in [7, 11) is 0. The molecule has 1 saturated heterocycles. The summed E-state index contributed by atoms with van der Waals surface area (Å²) in [6.07, 6.45) is 6.99. The summed E-state index contributed by atoms with van der Waals surface area (Å²) in [5, 5.41) is 9.17. The normalized spacial score (nSPS) is 21.1. The molecular formula is C12H19N3O. The highest BCUT2D eigenvalue weighted by Gasteiger charge is 2.20. The maximum atomic E-state index is 9.17. The zero-order valence-electron chi connectivity index (χ0n) is 9.76. The molecule has 1 unspecified atom stereocenters. The van der Waals surface area contributed by atoms with Crippen molar-refractivity contribution in [1.29, 1.82) is 0 Å². The van der Waals surface area contributed by atoms with Crippen molar-refractivity contribution in [2.24, 2.45) is 5.92 Å². The van der Waals surface area contributed by atoms with Gasteiger partial charge in [-0.05, 0) is 30.7 Å². The Bertz CT molecular complexity index is 326. The Morgan fingerprint density at radius 1 is 1.44 bits per heavy atom. The van der Waals surface area contributed by atoms with Crippen LogP contribution in [0.1, 0.15) is 25.3 Å². The second kappa shape index (κ2) is 5.25. The first-order chi connectivity index (χ1) is 7.83. The van der Waals surface area contributed by atoms with E-state index in [-0.39, 0.29) is 6.61 Å². The van der Waals surface area contributed by atoms with Gasteiger partial charge in [-0.2, -0.15) is 0 Å². The first kappa shape index (κ1) is 11.3. The minimum atomic E-state index is 0.267. The fourth-order valence-electron chi connectivity index (χ4n) is 2.09. The average molecular weight is 221 g/mol. The van der Waals surface area contributed by atoms with E-state index in [0.29, 0.717) is 5.92 Å². The number of nitrogens with zero attached hydrogens (tertiary/aromatic N) is 3. The Morgan fingerprint density at radius 2 is 2.19 bits per heavy atom. The molecule has 0 saturated carbocycles. The average Bonchev–Trinajstić information content (AvgIpc) is 2.39. The zero-order chi connectivity index (χ0) is 11.4. The molecule has 1 fully saturated rings. The molecule has 1 aromatic heterocycles. The molecule has 2 heterocycles. The fraction of sp³-hybridized carbons (Fsp3) is 0.667. The smallest absolute Gasteiger partial charge is 0.225 e. The third kappa shape index (κ3) is 2.50. The van der Waals surface area contributed by atoms with Crippen molar-refractivity contribution in [3.05, 3.63) is 18.0 Å². The first-order valence-electron chi connectivity index (χ1n) is 6.00. The monoisotopic (exact) mass is 221 g/mol. The molecule has 0 bridgehead atoms. The van der Waals surface area contributed by atoms with Gasteiger partial charge in [0.05, 0.1) is 0 Å². The van der Waals surface area contributed by atoms with Crippen LogP contribution in [-0.2, 0) is 6.42 Å². The third-order valence-electron chi connectivity index (χ3n) is 3.16. The van der Waals surface area contributed by atoms with Crippen molar-refractivity contribution >= 4 is 5.95 Å². The summed E-state index contributed by atoms with van der Waals surface area (Å²) in [6, 6.07) is 0. The number of rotatable bonds is 3. The van der Waals surface area contributed by atoms with Crippen LogP contribution in [0.2, 0.25) is 0 Å². The minimum absolute atomic E-state index is 0.267. The van der Waals surface area contributed by atoms with Gasteiger partial charge in [-0.1, -0.05) is 6.92 Å². The second-order valence-corrected chi connectivity index (χ2v) is 4.38. The van der Waals surface area contributed by atoms with Crippen LogP contribution in [0.3, 0.4) is 0 Å². The Morgan fingerprint density at radius 3 is 2.81 bits per heavy atom. The number of aliphatic hydroxyl groups excluding tert-OH is 1. The molecule has 16 heavy (non-hydrogen) atoms. The fourth-order valence-corrected chi connectivity index (χ4v) is 2.09. The van der Waals surface area contributed by atoms with Gasteiger partial charge in [0, 0.05) is 32.1 Å². The number of anilines is 1. The lowest BCUT2D eigenvalue weighted by atomic mass is 9.99. The largest absolute Gasteiger partial charge is 0.396 e. The molecular weight excluding hydrogens is 202 g/mol. The molecule has 0 spiro atoms. The van der Waals surface area contributed by atoms with Gasteiger partial charge in [-0.25, -0.2) is 9.97 Å². The van der Waals surface area contributed by atoms with E-state index in [9.17, 15) is 5.11 Å². The van der Waals surface area contributed by atoms with Gasteiger partial charge >= 0.3 is 0 Å². The molecule has 1 aliphatic heterocycles. The lowest BCUT2D eigenvalue weighted by Crippen LogP contribution is -2.37. The maximum Gasteiger partial charge on any atom is 0.225 e. The van der Waals surface area contributed by atoms with E-state index in [0.717, 1.165) is 38.3 Å². The number of aryl methyl sites for hydroxylation is 1. The molecule has 0 radical (unpaired) electrons. The van der Waals surface area contributed by atoms with Crippen LogP contribution in [0.25, 0.3) is 0 Å². The van der Waals surface area contributed by atoms with Crippen molar-refractivity contribution in [2.45, 2.75) is 26.2 Å². The number of aromatic nitrogens is 2. The van der Waals surface area contributed by atoms with Crippen molar-refractivity contribution < 1.29 is 5.11 Å². The standard InChI is InChI=1S/C12H19N3O/c1-2-10-6-13-12(14-7-10)15-5-3-4-11(8-15)9-16/h6-7,11,16H,2-5,8-9H2,1H3. The lowest BCUT2D eigenvalue weighted by Gasteiger charge is -2.31. The molecule has 2 rings (SSSR count). The molecule has 4 nitrogen and oxygen atoms in total. The van der Waals surface area contributed by atoms with Crippen molar-refractivity contribution in [3.63, 3.8) is 0 Å². The van der Waals surface area contributed by atoms with Gasteiger partial charge in [0.2, 0.25) is 5.95 Å². The van der Waals surface area contributed by atoms with Crippen molar-refractivity contribution in [3.8, 4) is 0 Å². The van der Waals surface area contributed by atoms with E-state index >= 15 is 0 Å². The molecule has 0 aromatic carbocycles. The van der Waals surface area contributed by atoms with Gasteiger partial charge in [0.15, 0.2) is 0 Å². The maximum absolute atomic E-state index is 9.17. The highest BCUT2D eigenvalue weighted by atomic mass is 16.3. The highest BCUT2D eigenvalue weighted by Crippen LogP contribution is 2.19. The van der Waals surface area contributed by atoms with E-state index in [1.54, 1.807) is 0 Å². The predicted molar refractivity (Wildman–Crippen MR) is 63.4 cm³/mol. The molecule has 0 amide bonds. The Hall–Kier alpha value is -1.16. The second-order valence-electron chi connectivity index (χ2n) is 4.38. The van der Waals surface area contributed by atoms with Crippen LogP contribution in [0.15, 0.2) is 12.4 Å². The van der Waals surface area contributed by atoms with E-state index in [1.807, 2.05) is 12.4 Å². The van der Waals surface area contributed by atoms with Gasteiger partial charge < -0.3 is 10.0 Å². The van der Waals surface area contributed by atoms with Crippen molar-refractivity contribution in [1.82, 2.24) is 9.97 Å². The summed E-state index contributed by atoms with van der Waals surface area (Å²) in [5.41, 5.74) is 1.17. The summed E-state index contributed by atoms with van der Waals surface area (Å²) in [5.74, 6) is 1.18. The highest BCUT2D eigenvalue weighted by molar-refractivity contribution is 5.30. The molecule has 88 valence electrons. The van der Waals surface area contributed by atoms with Crippen LogP contribution in [-0.4, -0.2) is 34.8 Å². The first-order valence-corrected chi connectivity index (χ1v) is 6.00. The molecule has 1 aromatic rings. The summed E-state index contributed by atoms with van der Waals surface area (Å²) >= 11 is 0. The Kier molecular flexibility index (Phi) is 3.72. The van der Waals surface area contributed by atoms with Crippen molar-refractivity contribution in [2.75, 3.05) is 24.6 Å². The van der Waals surface area contributed by atoms with E-state index in [1.165, 1.54) is 5.56 Å². The Balaban J connectivity index is 2.05. The number of piperidine rings is 1. The lowest BCUT2D eigenvalue weighted by molar-refractivity contribution is 0.208. The van der Waals surface area contributed by atoms with Gasteiger partial charge in [-0.3, -0.25) is 0 Å². The van der Waals surface area contributed by atoms with Crippen LogP contribution in [0, 0.1) is 5.92 Å². The minimum Gasteiger partial charge on any atom is -0.396 e. The topological polar surface area (TPSA) is 49.2 Å². The summed E-state index contributed by atoms with van der Waals surface area (Å²) < 4.78 is 0. The number of aliphatic hydroxyl groups is 1. The van der Waals surface area contributed by atoms with E-state index in [2.05, 4.69) is 21.8 Å². The Labute approximate surface area is 96.3 Å². The van der Waals surface area contributed by atoms with Crippen LogP contribution in [0.4, 0.5) is 5.95 Å². The summed E-state index contributed by atoms with van der Waals surface area (Å²) in [4.78, 5) is 10.9. The van der Waals surface area contributed by atoms with Crippen LogP contribution in [0.5, 0.6) is 0 Å². The quantitative estimate of drug-likeness (QED) is 0.834. The number of hydrogen-bond donors (Lipinski definition) is 1. The summed E-state index contributed by atoms with van der Waals surface area (Å²) in [6.45, 7) is 4.24.